The Hall–Kier alpha value is -3.73. The quantitative estimate of drug-likeness (QED) is 0.630. The Balaban J connectivity index is 2.19. The second kappa shape index (κ2) is 7.88. The van der Waals surface area contributed by atoms with Crippen LogP contribution in [0.15, 0.2) is 36.5 Å². The monoisotopic (exact) mass is 381 g/mol. The molecule has 142 valence electrons. The van der Waals surface area contributed by atoms with E-state index in [1.54, 1.807) is 35.9 Å². The topological polar surface area (TPSA) is 94.2 Å². The number of pyridine rings is 1. The van der Waals surface area contributed by atoms with Gasteiger partial charge >= 0.3 is 11.9 Å². The largest absolute Gasteiger partial charge is 0.461 e. The molecule has 0 unspecified atom stereocenters. The van der Waals surface area contributed by atoms with Crippen molar-refractivity contribution in [1.82, 2.24) is 9.55 Å². The van der Waals surface area contributed by atoms with Gasteiger partial charge in [0.05, 0.1) is 12.1 Å². The molecule has 0 spiro atoms. The number of carbonyl (C=O) groups excluding carboxylic acids is 2. The summed E-state index contributed by atoms with van der Waals surface area (Å²) in [7, 11) is 0. The zero-order chi connectivity index (χ0) is 20.3. The third-order valence-corrected chi connectivity index (χ3v) is 3.96. The van der Waals surface area contributed by atoms with Gasteiger partial charge in [0, 0.05) is 25.1 Å². The van der Waals surface area contributed by atoms with Crippen molar-refractivity contribution in [3.63, 3.8) is 0 Å². The van der Waals surface area contributed by atoms with Crippen LogP contribution in [0.5, 0.6) is 5.75 Å². The van der Waals surface area contributed by atoms with Gasteiger partial charge in [0.25, 0.3) is 0 Å². The summed E-state index contributed by atoms with van der Waals surface area (Å²) in [5, 5.41) is 9.94. The first kappa shape index (κ1) is 19.0. The van der Waals surface area contributed by atoms with E-state index < -0.39 is 11.9 Å². The molecule has 0 aliphatic rings. The molecular weight excluding hydrogens is 365 g/mol. The zero-order valence-corrected chi connectivity index (χ0v) is 15.2. The van der Waals surface area contributed by atoms with E-state index in [-0.39, 0.29) is 29.6 Å². The molecule has 0 saturated heterocycles. The van der Waals surface area contributed by atoms with Crippen LogP contribution >= 0.6 is 0 Å². The summed E-state index contributed by atoms with van der Waals surface area (Å²) in [6.45, 7) is 3.27. The summed E-state index contributed by atoms with van der Waals surface area (Å²) in [4.78, 5) is 27.9. The number of nitrogens with zero attached hydrogens (tertiary/aromatic N) is 3. The van der Waals surface area contributed by atoms with Crippen LogP contribution < -0.4 is 4.74 Å². The fourth-order valence-electron chi connectivity index (χ4n) is 2.84. The van der Waals surface area contributed by atoms with E-state index in [1.807, 2.05) is 6.07 Å². The van der Waals surface area contributed by atoms with E-state index in [2.05, 4.69) is 4.98 Å². The van der Waals surface area contributed by atoms with Crippen molar-refractivity contribution in [1.29, 1.82) is 5.26 Å². The standard InChI is InChI=1S/C20H16FN3O4/c1-3-27-20(26)17-19(28-12(2)25)15-8-9-24(18(15)16(10-22)23-17)11-13-4-6-14(21)7-5-13/h4-9H,3,11H2,1-2H3. The van der Waals surface area contributed by atoms with Crippen molar-refractivity contribution >= 4 is 22.8 Å². The Bertz CT molecular complexity index is 1100. The molecule has 0 amide bonds. The van der Waals surface area contributed by atoms with E-state index in [0.29, 0.717) is 17.4 Å². The summed E-state index contributed by atoms with van der Waals surface area (Å²) < 4.78 is 25.1. The second-order valence-corrected chi connectivity index (χ2v) is 5.90. The molecule has 0 N–H and O–H groups in total. The molecule has 0 radical (unpaired) electrons. The van der Waals surface area contributed by atoms with E-state index in [4.69, 9.17) is 9.47 Å². The van der Waals surface area contributed by atoms with E-state index in [1.165, 1.54) is 19.1 Å². The van der Waals surface area contributed by atoms with Crippen molar-refractivity contribution in [3.05, 3.63) is 59.3 Å². The fraction of sp³-hybridized carbons (Fsp3) is 0.200. The van der Waals surface area contributed by atoms with Crippen LogP contribution in [0.1, 0.15) is 35.6 Å². The molecule has 3 rings (SSSR count). The number of aromatic nitrogens is 2. The SMILES string of the molecule is CCOC(=O)c1nc(C#N)c2c(ccn2Cc2ccc(F)cc2)c1OC(C)=O. The molecule has 28 heavy (non-hydrogen) atoms. The van der Waals surface area contributed by atoms with Gasteiger partial charge in [-0.1, -0.05) is 12.1 Å². The van der Waals surface area contributed by atoms with Gasteiger partial charge in [-0.05, 0) is 30.7 Å². The van der Waals surface area contributed by atoms with E-state index in [0.717, 1.165) is 5.56 Å². The van der Waals surface area contributed by atoms with Crippen LogP contribution in [-0.2, 0) is 16.1 Å². The number of esters is 2. The minimum Gasteiger partial charge on any atom is -0.461 e. The van der Waals surface area contributed by atoms with Crippen LogP contribution in [0.3, 0.4) is 0 Å². The Kier molecular flexibility index (Phi) is 5.36. The molecule has 0 aliphatic heterocycles. The molecule has 0 saturated carbocycles. The van der Waals surface area contributed by atoms with Crippen molar-refractivity contribution in [2.24, 2.45) is 0 Å². The number of halogens is 1. The zero-order valence-electron chi connectivity index (χ0n) is 15.2. The lowest BCUT2D eigenvalue weighted by Crippen LogP contribution is -2.14. The summed E-state index contributed by atoms with van der Waals surface area (Å²) in [5.41, 5.74) is 0.948. The van der Waals surface area contributed by atoms with Crippen molar-refractivity contribution in [2.45, 2.75) is 20.4 Å². The number of ether oxygens (including phenoxy) is 2. The molecule has 3 aromatic rings. The molecular formula is C20H16FN3O4. The van der Waals surface area contributed by atoms with Gasteiger partial charge in [-0.2, -0.15) is 5.26 Å². The molecule has 0 bridgehead atoms. The maximum Gasteiger partial charge on any atom is 0.360 e. The number of carbonyl (C=O) groups is 2. The average molecular weight is 381 g/mol. The number of rotatable bonds is 5. The number of nitriles is 1. The van der Waals surface area contributed by atoms with Crippen LogP contribution in [-0.4, -0.2) is 28.1 Å². The van der Waals surface area contributed by atoms with Gasteiger partial charge < -0.3 is 14.0 Å². The van der Waals surface area contributed by atoms with Gasteiger partial charge in [-0.25, -0.2) is 14.2 Å². The van der Waals surface area contributed by atoms with Crippen LogP contribution in [0.25, 0.3) is 10.9 Å². The average Bonchev–Trinajstić information content (AvgIpc) is 3.07. The van der Waals surface area contributed by atoms with Gasteiger partial charge in [0.2, 0.25) is 0 Å². The number of hydrogen-bond acceptors (Lipinski definition) is 6. The normalized spacial score (nSPS) is 10.5. The maximum atomic E-state index is 13.1. The highest BCUT2D eigenvalue weighted by molar-refractivity contribution is 6.01. The van der Waals surface area contributed by atoms with Crippen LogP contribution in [0.4, 0.5) is 4.39 Å². The molecule has 0 fully saturated rings. The molecule has 1 aromatic carbocycles. The Morgan fingerprint density at radius 2 is 1.96 bits per heavy atom. The summed E-state index contributed by atoms with van der Waals surface area (Å²) >= 11 is 0. The molecule has 0 atom stereocenters. The minimum absolute atomic E-state index is 0.0129. The molecule has 2 heterocycles. The van der Waals surface area contributed by atoms with E-state index >= 15 is 0 Å². The lowest BCUT2D eigenvalue weighted by molar-refractivity contribution is -0.131. The highest BCUT2D eigenvalue weighted by atomic mass is 19.1. The van der Waals surface area contributed by atoms with Gasteiger partial charge in [-0.15, -0.1) is 0 Å². The first-order valence-corrected chi connectivity index (χ1v) is 8.47. The first-order chi connectivity index (χ1) is 13.4. The highest BCUT2D eigenvalue weighted by Gasteiger charge is 2.25. The third-order valence-electron chi connectivity index (χ3n) is 3.96. The van der Waals surface area contributed by atoms with Crippen molar-refractivity contribution in [2.75, 3.05) is 6.61 Å². The molecule has 7 nitrogen and oxygen atoms in total. The molecule has 2 aromatic heterocycles. The Morgan fingerprint density at radius 1 is 1.25 bits per heavy atom. The fourth-order valence-corrected chi connectivity index (χ4v) is 2.84. The van der Waals surface area contributed by atoms with Crippen molar-refractivity contribution < 1.29 is 23.5 Å². The predicted octanol–water partition coefficient (Wildman–Crippen LogP) is 3.20. The second-order valence-electron chi connectivity index (χ2n) is 5.90. The Morgan fingerprint density at radius 3 is 2.57 bits per heavy atom. The summed E-state index contributed by atoms with van der Waals surface area (Å²) in [6, 6.07) is 9.53. The van der Waals surface area contributed by atoms with Crippen LogP contribution in [0, 0.1) is 17.1 Å². The number of benzene rings is 1. The third kappa shape index (κ3) is 3.69. The Labute approximate surface area is 159 Å². The lowest BCUT2D eigenvalue weighted by atomic mass is 10.1. The van der Waals surface area contributed by atoms with E-state index in [9.17, 15) is 19.2 Å². The summed E-state index contributed by atoms with van der Waals surface area (Å²) in [6.07, 6.45) is 1.68. The number of fused-ring (bicyclic) bond motifs is 1. The number of hydrogen-bond donors (Lipinski definition) is 0. The minimum atomic E-state index is -0.788. The lowest BCUT2D eigenvalue weighted by Gasteiger charge is -2.12. The smallest absolute Gasteiger partial charge is 0.360 e. The van der Waals surface area contributed by atoms with Crippen molar-refractivity contribution in [3.8, 4) is 11.8 Å². The molecule has 0 aliphatic carbocycles. The maximum absolute atomic E-state index is 13.1. The van der Waals surface area contributed by atoms with Crippen LogP contribution in [0.2, 0.25) is 0 Å². The summed E-state index contributed by atoms with van der Waals surface area (Å²) in [5.74, 6) is -1.83. The van der Waals surface area contributed by atoms with Gasteiger partial charge in [0.15, 0.2) is 17.1 Å². The molecule has 8 heteroatoms. The van der Waals surface area contributed by atoms with Gasteiger partial charge in [-0.3, -0.25) is 4.79 Å². The van der Waals surface area contributed by atoms with Gasteiger partial charge in [0.1, 0.15) is 11.9 Å². The highest BCUT2D eigenvalue weighted by Crippen LogP contribution is 2.32. The predicted molar refractivity (Wildman–Crippen MR) is 97.2 cm³/mol. The first-order valence-electron chi connectivity index (χ1n) is 8.47.